The van der Waals surface area contributed by atoms with E-state index in [9.17, 15) is 13.2 Å². The average molecular weight is 343 g/mol. The van der Waals surface area contributed by atoms with Gasteiger partial charge in [0.05, 0.1) is 16.3 Å². The summed E-state index contributed by atoms with van der Waals surface area (Å²) in [5.74, 6) is -0.142. The highest BCUT2D eigenvalue weighted by atomic mass is 32.2. The Morgan fingerprint density at radius 1 is 1.33 bits per heavy atom. The lowest BCUT2D eigenvalue weighted by molar-refractivity contribution is -0.113. The Morgan fingerprint density at radius 3 is 2.67 bits per heavy atom. The van der Waals surface area contributed by atoms with Gasteiger partial charge in [0, 0.05) is 6.26 Å². The summed E-state index contributed by atoms with van der Waals surface area (Å²) in [6, 6.07) is 6.32. The molecule has 0 aliphatic heterocycles. The normalized spacial score (nSPS) is 11.3. The highest BCUT2D eigenvalue weighted by Gasteiger charge is 2.15. The lowest BCUT2D eigenvalue weighted by Crippen LogP contribution is -2.16. The van der Waals surface area contributed by atoms with E-state index < -0.39 is 9.84 Å². The minimum atomic E-state index is -3.38. The van der Waals surface area contributed by atoms with Gasteiger partial charge >= 0.3 is 0 Å². The smallest absolute Gasteiger partial charge is 0.234 e. The third-order valence-electron chi connectivity index (χ3n) is 2.39. The van der Waals surface area contributed by atoms with E-state index in [4.69, 9.17) is 0 Å². The molecule has 0 aliphatic carbocycles. The summed E-state index contributed by atoms with van der Waals surface area (Å²) in [7, 11) is -3.38. The number of amides is 1. The van der Waals surface area contributed by atoms with Gasteiger partial charge in [-0.05, 0) is 19.1 Å². The summed E-state index contributed by atoms with van der Waals surface area (Å²) < 4.78 is 24.0. The van der Waals surface area contributed by atoms with Crippen molar-refractivity contribution < 1.29 is 13.2 Å². The van der Waals surface area contributed by atoms with Gasteiger partial charge in [0.25, 0.3) is 0 Å². The molecule has 21 heavy (non-hydrogen) atoms. The molecule has 1 aromatic heterocycles. The van der Waals surface area contributed by atoms with Crippen LogP contribution in [0.3, 0.4) is 0 Å². The second-order valence-corrected chi connectivity index (χ2v) is 8.58. The standard InChI is InChI=1S/C12H13N3O3S3/c1-8-14-15-12(20-8)19-7-11(16)13-9-5-3-4-6-10(9)21(2,17)18/h3-6H,7H2,1-2H3,(H,13,16). The van der Waals surface area contributed by atoms with Crippen molar-refractivity contribution in [2.75, 3.05) is 17.3 Å². The number of carbonyl (C=O) groups is 1. The highest BCUT2D eigenvalue weighted by molar-refractivity contribution is 8.01. The van der Waals surface area contributed by atoms with Crippen molar-refractivity contribution in [1.29, 1.82) is 0 Å². The van der Waals surface area contributed by atoms with Crippen LogP contribution >= 0.6 is 23.1 Å². The first kappa shape index (κ1) is 15.9. The molecule has 0 saturated carbocycles. The van der Waals surface area contributed by atoms with Crippen LogP contribution in [0.25, 0.3) is 0 Å². The van der Waals surface area contributed by atoms with Crippen LogP contribution in [-0.4, -0.2) is 36.5 Å². The topological polar surface area (TPSA) is 89.0 Å². The average Bonchev–Trinajstić information content (AvgIpc) is 2.82. The Kier molecular flexibility index (Phi) is 4.96. The van der Waals surface area contributed by atoms with Crippen LogP contribution in [-0.2, 0) is 14.6 Å². The van der Waals surface area contributed by atoms with Crippen LogP contribution in [0, 0.1) is 6.92 Å². The Labute approximate surface area is 130 Å². The van der Waals surface area contributed by atoms with Gasteiger partial charge < -0.3 is 5.32 Å². The van der Waals surface area contributed by atoms with Crippen LogP contribution < -0.4 is 5.32 Å². The van der Waals surface area contributed by atoms with Crippen molar-refractivity contribution in [1.82, 2.24) is 10.2 Å². The summed E-state index contributed by atoms with van der Waals surface area (Å²) in [5.41, 5.74) is 0.291. The van der Waals surface area contributed by atoms with Gasteiger partial charge in [0.2, 0.25) is 5.91 Å². The third-order valence-corrected chi connectivity index (χ3v) is 5.52. The Morgan fingerprint density at radius 2 is 2.05 bits per heavy atom. The number of rotatable bonds is 5. The first-order valence-corrected chi connectivity index (χ1v) is 9.57. The molecule has 0 spiro atoms. The number of carbonyl (C=O) groups excluding carboxylic acids is 1. The number of anilines is 1. The summed E-state index contributed by atoms with van der Waals surface area (Å²) >= 11 is 2.67. The molecule has 2 rings (SSSR count). The van der Waals surface area contributed by atoms with E-state index in [1.54, 1.807) is 18.2 Å². The quantitative estimate of drug-likeness (QED) is 0.835. The molecule has 6 nitrogen and oxygen atoms in total. The molecule has 0 saturated heterocycles. The van der Waals surface area contributed by atoms with Crippen molar-refractivity contribution in [2.45, 2.75) is 16.2 Å². The van der Waals surface area contributed by atoms with Crippen molar-refractivity contribution >= 4 is 44.5 Å². The van der Waals surface area contributed by atoms with Crippen LogP contribution in [0.4, 0.5) is 5.69 Å². The van der Waals surface area contributed by atoms with Gasteiger partial charge in [-0.25, -0.2) is 8.42 Å². The van der Waals surface area contributed by atoms with Crippen molar-refractivity contribution in [2.24, 2.45) is 0 Å². The molecule has 0 bridgehead atoms. The zero-order chi connectivity index (χ0) is 15.5. The van der Waals surface area contributed by atoms with E-state index in [-0.39, 0.29) is 16.6 Å². The number of para-hydroxylation sites is 1. The minimum Gasteiger partial charge on any atom is -0.324 e. The van der Waals surface area contributed by atoms with E-state index >= 15 is 0 Å². The summed E-state index contributed by atoms with van der Waals surface area (Å²) in [6.07, 6.45) is 1.11. The van der Waals surface area contributed by atoms with Crippen LogP contribution in [0.1, 0.15) is 5.01 Å². The number of nitrogens with zero attached hydrogens (tertiary/aromatic N) is 2. The number of aromatic nitrogens is 2. The Hall–Kier alpha value is -1.45. The number of benzene rings is 1. The highest BCUT2D eigenvalue weighted by Crippen LogP contribution is 2.23. The number of hydrogen-bond donors (Lipinski definition) is 1. The minimum absolute atomic E-state index is 0.107. The first-order chi connectivity index (χ1) is 9.86. The monoisotopic (exact) mass is 343 g/mol. The molecule has 0 unspecified atom stereocenters. The van der Waals surface area contributed by atoms with Gasteiger partial charge in [-0.3, -0.25) is 4.79 Å². The zero-order valence-electron chi connectivity index (χ0n) is 11.4. The van der Waals surface area contributed by atoms with Crippen molar-refractivity contribution in [3.05, 3.63) is 29.3 Å². The van der Waals surface area contributed by atoms with Crippen LogP contribution in [0.2, 0.25) is 0 Å². The number of aryl methyl sites for hydroxylation is 1. The van der Waals surface area contributed by atoms with Crippen LogP contribution in [0.5, 0.6) is 0 Å². The van der Waals surface area contributed by atoms with E-state index in [2.05, 4.69) is 15.5 Å². The van der Waals surface area contributed by atoms with E-state index in [0.717, 1.165) is 11.3 Å². The van der Waals surface area contributed by atoms with Gasteiger partial charge in [-0.2, -0.15) is 0 Å². The molecule has 2 aromatic rings. The van der Waals surface area contributed by atoms with E-state index in [0.29, 0.717) is 10.0 Å². The predicted molar refractivity (Wildman–Crippen MR) is 83.6 cm³/mol. The second kappa shape index (κ2) is 6.54. The fourth-order valence-electron chi connectivity index (χ4n) is 1.54. The fraction of sp³-hybridized carbons (Fsp3) is 0.250. The maximum Gasteiger partial charge on any atom is 0.234 e. The largest absolute Gasteiger partial charge is 0.324 e. The molecule has 112 valence electrons. The summed E-state index contributed by atoms with van der Waals surface area (Å²) in [6.45, 7) is 1.84. The lowest BCUT2D eigenvalue weighted by Gasteiger charge is -2.08. The predicted octanol–water partition coefficient (Wildman–Crippen LogP) is 1.98. The van der Waals surface area contributed by atoms with Gasteiger partial charge in [-0.1, -0.05) is 35.2 Å². The molecular weight excluding hydrogens is 330 g/mol. The SMILES string of the molecule is Cc1nnc(SCC(=O)Nc2ccccc2S(C)(=O)=O)s1. The number of hydrogen-bond acceptors (Lipinski definition) is 7. The Bertz CT molecular complexity index is 756. The van der Waals surface area contributed by atoms with Crippen molar-refractivity contribution in [3.63, 3.8) is 0 Å². The summed E-state index contributed by atoms with van der Waals surface area (Å²) in [5, 5.41) is 11.2. The zero-order valence-corrected chi connectivity index (χ0v) is 13.8. The van der Waals surface area contributed by atoms with Crippen LogP contribution in [0.15, 0.2) is 33.5 Å². The number of nitrogens with one attached hydrogen (secondary N) is 1. The molecule has 1 amide bonds. The number of sulfone groups is 1. The van der Waals surface area contributed by atoms with Gasteiger partial charge in [-0.15, -0.1) is 10.2 Å². The molecule has 1 heterocycles. The Balaban J connectivity index is 2.03. The molecule has 0 atom stereocenters. The molecule has 9 heteroatoms. The molecule has 0 radical (unpaired) electrons. The fourth-order valence-corrected chi connectivity index (χ4v) is 4.00. The molecule has 0 aliphatic rings. The molecule has 0 fully saturated rings. The van der Waals surface area contributed by atoms with Gasteiger partial charge in [0.1, 0.15) is 5.01 Å². The molecule has 1 aromatic carbocycles. The maximum absolute atomic E-state index is 11.9. The molecular formula is C12H13N3O3S3. The lowest BCUT2D eigenvalue weighted by atomic mass is 10.3. The van der Waals surface area contributed by atoms with E-state index in [1.807, 2.05) is 6.92 Å². The molecule has 1 N–H and O–H groups in total. The maximum atomic E-state index is 11.9. The first-order valence-electron chi connectivity index (χ1n) is 5.88. The van der Waals surface area contributed by atoms with Crippen molar-refractivity contribution in [3.8, 4) is 0 Å². The summed E-state index contributed by atoms with van der Waals surface area (Å²) in [4.78, 5) is 12.0. The second-order valence-electron chi connectivity index (χ2n) is 4.19. The number of thioether (sulfide) groups is 1. The van der Waals surface area contributed by atoms with E-state index in [1.165, 1.54) is 29.2 Å². The van der Waals surface area contributed by atoms with Gasteiger partial charge in [0.15, 0.2) is 14.2 Å². The third kappa shape index (κ3) is 4.51.